The summed E-state index contributed by atoms with van der Waals surface area (Å²) in [6, 6.07) is 30.2. The van der Waals surface area contributed by atoms with Crippen LogP contribution >= 0.6 is 0 Å². The van der Waals surface area contributed by atoms with Crippen molar-refractivity contribution < 1.29 is 4.42 Å². The fourth-order valence-corrected chi connectivity index (χ4v) is 14.6. The quantitative estimate of drug-likeness (QED) is 0.171. The summed E-state index contributed by atoms with van der Waals surface area (Å²) < 4.78 is 8.99. The molecule has 0 saturated heterocycles. The van der Waals surface area contributed by atoms with E-state index >= 15 is 0 Å². The highest BCUT2D eigenvalue weighted by Crippen LogP contribution is 2.62. The predicted octanol–water partition coefficient (Wildman–Crippen LogP) is 12.9. The summed E-state index contributed by atoms with van der Waals surface area (Å²) in [7, 11) is 0. The van der Waals surface area contributed by atoms with Gasteiger partial charge in [0, 0.05) is 32.3 Å². The number of nitrogens with zero attached hydrogens (tertiary/aromatic N) is 3. The molecule has 3 aromatic heterocycles. The second-order valence-corrected chi connectivity index (χ2v) is 18.7. The number of aromatic nitrogens is 1. The monoisotopic (exact) mass is 697 g/mol. The van der Waals surface area contributed by atoms with Gasteiger partial charge in [-0.25, -0.2) is 0 Å². The third-order valence-electron chi connectivity index (χ3n) is 16.0. The van der Waals surface area contributed by atoms with Crippen LogP contribution in [-0.4, -0.2) is 4.40 Å². The van der Waals surface area contributed by atoms with Crippen molar-refractivity contribution in [2.45, 2.75) is 87.9 Å². The number of furan rings is 1. The molecule has 54 heavy (non-hydrogen) atoms. The second kappa shape index (κ2) is 9.85. The molecule has 8 bridgehead atoms. The largest absolute Gasteiger partial charge is 0.456 e. The molecular formula is C50H39N3O. The highest BCUT2D eigenvalue weighted by Gasteiger charge is 2.46. The number of fused-ring (bicyclic) bond motifs is 9. The first kappa shape index (κ1) is 29.1. The van der Waals surface area contributed by atoms with Crippen molar-refractivity contribution >= 4 is 60.0 Å². The minimum atomic E-state index is 0.480. The standard InChI is InChI=1S/C50H39N3O/c51-22-34-19-40-48(46-32-13-24-7-25(14-32)10-30(9-24)44(34)46)38-17-29(28-5-6-37-36-3-1-2-4-42(36)54-43(37)21-28)18-39-49-41(53(40)50(38)39)20-35(23-52)45-31-11-26-8-27(12-31)16-33(15-26)47(45)49/h1-6,17-21,24-27,30-33H,7-16H2. The first-order valence-electron chi connectivity index (χ1n) is 20.7. The molecular weight excluding hydrogens is 659 g/mol. The molecule has 0 amide bonds. The SMILES string of the molecule is N#Cc1cc2c(c3c1C1CC4CC(C1)CC3C4)c1cc(-c3ccc4c(c3)oc3ccccc34)cc3c4c5c(c(C#N)cc4n2c13)C1CC2CC(C1)CC5C2. The van der Waals surface area contributed by atoms with Crippen LogP contribution in [0.25, 0.3) is 71.2 Å². The highest BCUT2D eigenvalue weighted by atomic mass is 16.3. The van der Waals surface area contributed by atoms with Crippen molar-refractivity contribution in [3.8, 4) is 23.3 Å². The van der Waals surface area contributed by atoms with Crippen molar-refractivity contribution in [3.63, 3.8) is 0 Å². The van der Waals surface area contributed by atoms with E-state index in [0.717, 1.165) is 56.7 Å². The lowest BCUT2D eigenvalue weighted by Crippen LogP contribution is -2.25. The highest BCUT2D eigenvalue weighted by molar-refractivity contribution is 6.26. The molecule has 0 radical (unpaired) electrons. The van der Waals surface area contributed by atoms with E-state index in [1.54, 1.807) is 0 Å². The molecule has 8 aromatic rings. The molecule has 16 rings (SSSR count). The van der Waals surface area contributed by atoms with Gasteiger partial charge in [0.25, 0.3) is 0 Å². The molecule has 8 aliphatic rings. The third kappa shape index (κ3) is 3.51. The average Bonchev–Trinajstić information content (AvgIpc) is 3.74. The van der Waals surface area contributed by atoms with E-state index in [4.69, 9.17) is 4.42 Å². The van der Waals surface area contributed by atoms with Crippen LogP contribution in [0, 0.1) is 46.3 Å². The molecule has 0 N–H and O–H groups in total. The lowest BCUT2D eigenvalue weighted by atomic mass is 9.67. The fourth-order valence-electron chi connectivity index (χ4n) is 14.6. The molecule has 4 saturated carbocycles. The molecule has 5 aromatic carbocycles. The van der Waals surface area contributed by atoms with E-state index in [2.05, 4.69) is 77.2 Å². The number of benzene rings is 5. The number of nitriles is 2. The number of hydrogen-bond donors (Lipinski definition) is 0. The molecule has 4 nitrogen and oxygen atoms in total. The van der Waals surface area contributed by atoms with E-state index in [1.165, 1.54) is 136 Å². The van der Waals surface area contributed by atoms with Crippen molar-refractivity contribution in [1.29, 1.82) is 10.5 Å². The maximum atomic E-state index is 10.9. The first-order chi connectivity index (χ1) is 26.6. The van der Waals surface area contributed by atoms with Crippen LogP contribution in [0.4, 0.5) is 0 Å². The van der Waals surface area contributed by atoms with Crippen LogP contribution in [0.3, 0.4) is 0 Å². The van der Waals surface area contributed by atoms with Gasteiger partial charge in [0.1, 0.15) is 11.2 Å². The Morgan fingerprint density at radius 1 is 0.481 bits per heavy atom. The minimum absolute atomic E-state index is 0.480. The van der Waals surface area contributed by atoms with Gasteiger partial charge in [0.05, 0.1) is 39.8 Å². The van der Waals surface area contributed by atoms with Gasteiger partial charge in [0.2, 0.25) is 0 Å². The molecule has 4 atom stereocenters. The van der Waals surface area contributed by atoms with Crippen molar-refractivity contribution in [2.24, 2.45) is 23.7 Å². The van der Waals surface area contributed by atoms with Crippen molar-refractivity contribution in [1.82, 2.24) is 4.40 Å². The molecule has 260 valence electrons. The molecule has 4 fully saturated rings. The van der Waals surface area contributed by atoms with E-state index in [1.807, 2.05) is 6.07 Å². The number of para-hydroxylation sites is 1. The van der Waals surface area contributed by atoms with Gasteiger partial charge in [-0.1, -0.05) is 24.3 Å². The maximum Gasteiger partial charge on any atom is 0.136 e. The van der Waals surface area contributed by atoms with E-state index in [-0.39, 0.29) is 0 Å². The Labute approximate surface area is 313 Å². The van der Waals surface area contributed by atoms with Gasteiger partial charge < -0.3 is 8.82 Å². The Kier molecular flexibility index (Phi) is 5.31. The molecule has 4 heteroatoms. The van der Waals surface area contributed by atoms with Crippen LogP contribution in [0.15, 0.2) is 71.1 Å². The van der Waals surface area contributed by atoms with Crippen molar-refractivity contribution in [3.05, 3.63) is 100 Å². The lowest BCUT2D eigenvalue weighted by Gasteiger charge is -2.38. The van der Waals surface area contributed by atoms with Gasteiger partial charge in [-0.3, -0.25) is 0 Å². The van der Waals surface area contributed by atoms with Gasteiger partial charge in [-0.05, 0) is 187 Å². The Bertz CT molecular complexity index is 2930. The summed E-state index contributed by atoms with van der Waals surface area (Å²) in [5, 5.41) is 29.5. The fraction of sp³-hybridized carbons (Fsp3) is 0.360. The maximum absolute atomic E-state index is 10.9. The van der Waals surface area contributed by atoms with Crippen molar-refractivity contribution in [2.75, 3.05) is 0 Å². The predicted molar refractivity (Wildman–Crippen MR) is 214 cm³/mol. The Balaban J connectivity index is 1.16. The Morgan fingerprint density at radius 3 is 1.52 bits per heavy atom. The summed E-state index contributed by atoms with van der Waals surface area (Å²) in [6.07, 6.45) is 12.7. The topological polar surface area (TPSA) is 65.1 Å². The summed E-state index contributed by atoms with van der Waals surface area (Å²) in [4.78, 5) is 0. The van der Waals surface area contributed by atoms with Gasteiger partial charge in [-0.2, -0.15) is 10.5 Å². The molecule has 0 spiro atoms. The molecule has 8 aliphatic carbocycles. The van der Waals surface area contributed by atoms with Crippen LogP contribution in [-0.2, 0) is 0 Å². The number of rotatable bonds is 1. The van der Waals surface area contributed by atoms with E-state index in [0.29, 0.717) is 23.7 Å². The van der Waals surface area contributed by atoms with Crippen LogP contribution in [0.1, 0.15) is 121 Å². The Morgan fingerprint density at radius 2 is 0.981 bits per heavy atom. The second-order valence-electron chi connectivity index (χ2n) is 18.7. The Hall–Kier alpha value is -5.32. The minimum Gasteiger partial charge on any atom is -0.456 e. The van der Waals surface area contributed by atoms with Gasteiger partial charge in [0.15, 0.2) is 0 Å². The average molecular weight is 698 g/mol. The summed E-state index contributed by atoms with van der Waals surface area (Å²) in [6.45, 7) is 0. The zero-order chi connectivity index (χ0) is 35.1. The van der Waals surface area contributed by atoms with E-state index in [9.17, 15) is 10.5 Å². The van der Waals surface area contributed by atoms with Crippen LogP contribution in [0.5, 0.6) is 0 Å². The summed E-state index contributed by atoms with van der Waals surface area (Å²) in [5.41, 5.74) is 15.4. The van der Waals surface area contributed by atoms with Crippen LogP contribution in [0.2, 0.25) is 0 Å². The lowest BCUT2D eigenvalue weighted by molar-refractivity contribution is 0.166. The van der Waals surface area contributed by atoms with E-state index < -0.39 is 0 Å². The molecule has 4 unspecified atom stereocenters. The van der Waals surface area contributed by atoms with Gasteiger partial charge in [-0.15, -0.1) is 0 Å². The summed E-state index contributed by atoms with van der Waals surface area (Å²) in [5.74, 6) is 5.03. The molecule has 3 heterocycles. The summed E-state index contributed by atoms with van der Waals surface area (Å²) >= 11 is 0. The zero-order valence-electron chi connectivity index (χ0n) is 30.3. The van der Waals surface area contributed by atoms with Gasteiger partial charge >= 0.3 is 0 Å². The third-order valence-corrected chi connectivity index (χ3v) is 16.0. The van der Waals surface area contributed by atoms with Crippen LogP contribution < -0.4 is 0 Å². The number of hydrogen-bond acceptors (Lipinski definition) is 3. The smallest absolute Gasteiger partial charge is 0.136 e. The normalized spacial score (nSPS) is 29.1. The molecule has 0 aliphatic heterocycles. The first-order valence-corrected chi connectivity index (χ1v) is 20.7. The zero-order valence-corrected chi connectivity index (χ0v) is 30.3.